The number of aromatic amines is 1. The molecule has 220 valence electrons. The van der Waals surface area contributed by atoms with Crippen LogP contribution in [-0.2, 0) is 11.2 Å². The van der Waals surface area contributed by atoms with E-state index < -0.39 is 35.2 Å². The van der Waals surface area contributed by atoms with Crippen molar-refractivity contribution in [2.45, 2.75) is 44.7 Å². The van der Waals surface area contributed by atoms with Crippen LogP contribution in [0.3, 0.4) is 0 Å². The molecule has 3 amide bonds. The number of ketones is 1. The highest BCUT2D eigenvalue weighted by molar-refractivity contribution is 6.06. The van der Waals surface area contributed by atoms with Crippen molar-refractivity contribution in [3.63, 3.8) is 0 Å². The first kappa shape index (κ1) is 30.1. The number of H-pyrrole nitrogens is 1. The van der Waals surface area contributed by atoms with Crippen molar-refractivity contribution in [3.8, 4) is 0 Å². The van der Waals surface area contributed by atoms with E-state index >= 15 is 0 Å². The second kappa shape index (κ2) is 12.8. The molecular weight excluding hydrogens is 540 g/mol. The molecule has 0 bridgehead atoms. The Morgan fingerprint density at radius 1 is 1.02 bits per heavy atom. The average Bonchev–Trinajstić information content (AvgIpc) is 2.95. The van der Waals surface area contributed by atoms with E-state index in [0.29, 0.717) is 37.1 Å². The van der Waals surface area contributed by atoms with Crippen molar-refractivity contribution < 1.29 is 24.3 Å². The number of nitrogens with one attached hydrogen (secondary N) is 4. The van der Waals surface area contributed by atoms with Crippen molar-refractivity contribution in [3.05, 3.63) is 93.0 Å². The van der Waals surface area contributed by atoms with E-state index in [-0.39, 0.29) is 23.6 Å². The summed E-state index contributed by atoms with van der Waals surface area (Å²) in [5.74, 6) is -2.12. The lowest BCUT2D eigenvalue weighted by atomic mass is 9.80. The quantitative estimate of drug-likeness (QED) is 0.242. The minimum Gasteiger partial charge on any atom is -0.480 e. The summed E-state index contributed by atoms with van der Waals surface area (Å²) in [5, 5.41) is 17.8. The minimum absolute atomic E-state index is 0.0258. The number of hydrogen-bond donors (Lipinski definition) is 5. The Balaban J connectivity index is 1.54. The topological polar surface area (TPSA) is 174 Å². The van der Waals surface area contributed by atoms with Crippen LogP contribution in [0.5, 0.6) is 0 Å². The van der Waals surface area contributed by atoms with Crippen LogP contribution in [0.15, 0.2) is 59.5 Å². The molecule has 1 unspecified atom stereocenters. The van der Waals surface area contributed by atoms with Crippen LogP contribution in [0.4, 0.5) is 10.6 Å². The lowest BCUT2D eigenvalue weighted by Crippen LogP contribution is -2.62. The van der Waals surface area contributed by atoms with Crippen LogP contribution in [0.1, 0.15) is 50.2 Å². The van der Waals surface area contributed by atoms with E-state index in [1.165, 1.54) is 0 Å². The normalized spacial score (nSPS) is 15.3. The van der Waals surface area contributed by atoms with Crippen LogP contribution in [0, 0.1) is 13.8 Å². The number of carboxylic acid groups (broad SMARTS) is 1. The fraction of sp³-hybridized carbons (Fsp3) is 0.333. The lowest BCUT2D eigenvalue weighted by Gasteiger charge is -2.40. The summed E-state index contributed by atoms with van der Waals surface area (Å²) in [6.45, 7) is 4.68. The Kier molecular flexibility index (Phi) is 9.16. The molecule has 0 saturated carbocycles. The SMILES string of the molecule is Cc1cccc(C)c1C(=O)Nc1[nH]c(=O)ncc1CC(NC(=O)NC1(C(=O)c2ccccc2)CCN(C)CC1)C(=O)O. The summed E-state index contributed by atoms with van der Waals surface area (Å²) >= 11 is 0. The van der Waals surface area contributed by atoms with Crippen molar-refractivity contribution in [2.75, 3.05) is 25.5 Å². The number of nitrogens with zero attached hydrogens (tertiary/aromatic N) is 2. The molecule has 1 fully saturated rings. The minimum atomic E-state index is -1.47. The fourth-order valence-corrected chi connectivity index (χ4v) is 5.14. The number of piperidine rings is 1. The number of aromatic nitrogens is 2. The number of hydrogen-bond acceptors (Lipinski definition) is 7. The number of carbonyl (C=O) groups excluding carboxylic acids is 3. The standard InChI is InChI=1S/C30H34N6O6/c1-18-8-7-9-19(2)23(18)26(38)33-25-21(17-31-28(41)34-25)16-22(27(39)40)32-29(42)35-30(12-14-36(3)15-13-30)24(37)20-10-5-4-6-11-20/h4-11,17,22H,12-16H2,1-3H3,(H,39,40)(H2,32,35,42)(H2,31,33,34,38,41). The summed E-state index contributed by atoms with van der Waals surface area (Å²) in [4.78, 5) is 72.3. The molecule has 1 aliphatic rings. The summed E-state index contributed by atoms with van der Waals surface area (Å²) in [6, 6.07) is 11.7. The third-order valence-electron chi connectivity index (χ3n) is 7.53. The largest absolute Gasteiger partial charge is 0.480 e. The van der Waals surface area contributed by atoms with Gasteiger partial charge in [-0.2, -0.15) is 0 Å². The molecule has 42 heavy (non-hydrogen) atoms. The van der Waals surface area contributed by atoms with E-state index in [1.54, 1.807) is 56.3 Å². The summed E-state index contributed by atoms with van der Waals surface area (Å²) in [6.07, 6.45) is 1.55. The van der Waals surface area contributed by atoms with Gasteiger partial charge in [-0.3, -0.25) is 14.6 Å². The maximum absolute atomic E-state index is 13.6. The Morgan fingerprint density at radius 2 is 1.67 bits per heavy atom. The Morgan fingerprint density at radius 3 is 2.29 bits per heavy atom. The number of Topliss-reactive ketones (excluding diaryl/α,β-unsaturated/α-hetero) is 1. The van der Waals surface area contributed by atoms with E-state index in [2.05, 4.69) is 25.9 Å². The smallest absolute Gasteiger partial charge is 0.346 e. The summed E-state index contributed by atoms with van der Waals surface area (Å²) in [5.41, 5.74) is 0.541. The first-order valence-electron chi connectivity index (χ1n) is 13.5. The third-order valence-corrected chi connectivity index (χ3v) is 7.53. The molecule has 3 aromatic rings. The van der Waals surface area contributed by atoms with Gasteiger partial charge in [0.05, 0.1) is 0 Å². The molecule has 12 nitrogen and oxygen atoms in total. The van der Waals surface area contributed by atoms with Crippen LogP contribution >= 0.6 is 0 Å². The van der Waals surface area contributed by atoms with Crippen molar-refractivity contribution >= 4 is 29.5 Å². The molecule has 2 heterocycles. The second-order valence-electron chi connectivity index (χ2n) is 10.6. The zero-order valence-electron chi connectivity index (χ0n) is 23.7. The van der Waals surface area contributed by atoms with Gasteiger partial charge in [-0.1, -0.05) is 48.5 Å². The number of carboxylic acids is 1. The fourth-order valence-electron chi connectivity index (χ4n) is 5.14. The summed E-state index contributed by atoms with van der Waals surface area (Å²) in [7, 11) is 1.92. The maximum atomic E-state index is 13.6. The van der Waals surface area contributed by atoms with Gasteiger partial charge in [0.25, 0.3) is 5.91 Å². The van der Waals surface area contributed by atoms with Gasteiger partial charge in [-0.15, -0.1) is 0 Å². The third kappa shape index (κ3) is 6.89. The van der Waals surface area contributed by atoms with E-state index in [0.717, 1.165) is 17.3 Å². The van der Waals surface area contributed by atoms with Gasteiger partial charge in [0, 0.05) is 42.4 Å². The van der Waals surface area contributed by atoms with Crippen molar-refractivity contribution in [1.29, 1.82) is 0 Å². The molecule has 2 aromatic carbocycles. The maximum Gasteiger partial charge on any atom is 0.346 e. The molecule has 1 aliphatic heterocycles. The number of benzene rings is 2. The first-order chi connectivity index (χ1) is 20.0. The molecule has 1 saturated heterocycles. The molecule has 1 aromatic heterocycles. The number of carbonyl (C=O) groups is 4. The molecule has 1 atom stereocenters. The van der Waals surface area contributed by atoms with Gasteiger partial charge >= 0.3 is 17.7 Å². The van der Waals surface area contributed by atoms with Crippen molar-refractivity contribution in [2.24, 2.45) is 0 Å². The Hall–Kier alpha value is -4.84. The molecule has 0 spiro atoms. The number of urea groups is 1. The molecule has 0 radical (unpaired) electrons. The summed E-state index contributed by atoms with van der Waals surface area (Å²) < 4.78 is 0. The van der Waals surface area contributed by atoms with Gasteiger partial charge in [-0.25, -0.2) is 19.4 Å². The highest BCUT2D eigenvalue weighted by atomic mass is 16.4. The molecular formula is C30H34N6O6. The average molecular weight is 575 g/mol. The Labute approximate surface area is 242 Å². The van der Waals surface area contributed by atoms with E-state index in [1.807, 2.05) is 18.0 Å². The Bertz CT molecular complexity index is 1530. The molecule has 12 heteroatoms. The van der Waals surface area contributed by atoms with E-state index in [4.69, 9.17) is 0 Å². The van der Waals surface area contributed by atoms with Crippen LogP contribution in [0.25, 0.3) is 0 Å². The number of aryl methyl sites for hydroxylation is 2. The van der Waals surface area contributed by atoms with Crippen molar-refractivity contribution in [1.82, 2.24) is 25.5 Å². The van der Waals surface area contributed by atoms with Gasteiger partial charge in [0.2, 0.25) is 0 Å². The number of anilines is 1. The molecule has 0 aliphatic carbocycles. The molecule has 5 N–H and O–H groups in total. The predicted molar refractivity (Wildman–Crippen MR) is 156 cm³/mol. The van der Waals surface area contributed by atoms with Gasteiger partial charge < -0.3 is 26.0 Å². The van der Waals surface area contributed by atoms with Gasteiger partial charge in [0.1, 0.15) is 17.4 Å². The highest BCUT2D eigenvalue weighted by Gasteiger charge is 2.43. The monoisotopic (exact) mass is 574 g/mol. The van der Waals surface area contributed by atoms with Crippen LogP contribution in [-0.4, -0.2) is 75.4 Å². The lowest BCUT2D eigenvalue weighted by molar-refractivity contribution is -0.139. The number of amides is 3. The zero-order valence-corrected chi connectivity index (χ0v) is 23.7. The second-order valence-corrected chi connectivity index (χ2v) is 10.6. The zero-order chi connectivity index (χ0) is 30.4. The molecule has 4 rings (SSSR count). The van der Waals surface area contributed by atoms with Crippen LogP contribution in [0.2, 0.25) is 0 Å². The number of aliphatic carboxylic acids is 1. The first-order valence-corrected chi connectivity index (χ1v) is 13.5. The predicted octanol–water partition coefficient (Wildman–Crippen LogP) is 2.28. The van der Waals surface area contributed by atoms with Gasteiger partial charge in [-0.05, 0) is 44.9 Å². The van der Waals surface area contributed by atoms with Gasteiger partial charge in [0.15, 0.2) is 5.78 Å². The highest BCUT2D eigenvalue weighted by Crippen LogP contribution is 2.26. The number of likely N-dealkylation sites (tertiary alicyclic amines) is 1. The number of rotatable bonds is 9. The van der Waals surface area contributed by atoms with E-state index in [9.17, 15) is 29.1 Å². The van der Waals surface area contributed by atoms with Crippen LogP contribution < -0.4 is 21.6 Å².